The number of ether oxygens (including phenoxy) is 1. The topological polar surface area (TPSA) is 88.1 Å². The summed E-state index contributed by atoms with van der Waals surface area (Å²) in [5, 5.41) is 0. The molecule has 0 bridgehead atoms. The van der Waals surface area contributed by atoms with Crippen LogP contribution in [0, 0.1) is 0 Å². The Balaban J connectivity index is 5.58. The predicted molar refractivity (Wildman–Crippen MR) is 67.7 cm³/mol. The fourth-order valence-corrected chi connectivity index (χ4v) is 3.34. The Hall–Kier alpha value is -1.83. The van der Waals surface area contributed by atoms with Crippen molar-refractivity contribution in [3.63, 3.8) is 0 Å². The molecule has 14 heteroatoms. The summed E-state index contributed by atoms with van der Waals surface area (Å²) in [6.07, 6.45) is -10.8. The number of halogens is 6. The zero-order chi connectivity index (χ0) is 19.9. The molecular weight excluding hydrogens is 386 g/mol. The molecule has 25 heavy (non-hydrogen) atoms. The molecule has 0 aliphatic rings. The van der Waals surface area contributed by atoms with E-state index in [1.165, 1.54) is 0 Å². The molecule has 0 unspecified atom stereocenters. The fourth-order valence-electron chi connectivity index (χ4n) is 1.28. The van der Waals surface area contributed by atoms with Crippen LogP contribution in [-0.4, -0.2) is 52.3 Å². The van der Waals surface area contributed by atoms with Crippen LogP contribution in [0.15, 0.2) is 0 Å². The van der Waals surface area contributed by atoms with Gasteiger partial charge in [0.15, 0.2) is 0 Å². The molecule has 0 heterocycles. The van der Waals surface area contributed by atoms with Crippen molar-refractivity contribution in [1.29, 1.82) is 0 Å². The first-order valence-corrected chi connectivity index (χ1v) is 8.54. The van der Waals surface area contributed by atoms with Gasteiger partial charge in [0.25, 0.3) is 5.97 Å². The first-order valence-electron chi connectivity index (χ1n) is 6.61. The maximum absolute atomic E-state index is 12.3. The molecule has 0 atom stereocenters. The molecule has 0 aromatic rings. The number of hydrogen-bond donors (Lipinski definition) is 0. The van der Waals surface area contributed by atoms with Gasteiger partial charge in [0.2, 0.25) is 0 Å². The predicted octanol–water partition coefficient (Wildman–Crippen LogP) is 2.13. The van der Waals surface area contributed by atoms with E-state index in [4.69, 9.17) is 4.74 Å². The standard InChI is InChI=1S/C11H14F6O7Si/c1-3-4-21-5-6-25(22-7(2)18,23-8(19)10(12,13)14)24-9(20)11(15,16)17/h3-6H2,1-2H3. The monoisotopic (exact) mass is 400 g/mol. The highest BCUT2D eigenvalue weighted by Crippen LogP contribution is 2.27. The minimum absolute atomic E-state index is 0.0605. The summed E-state index contributed by atoms with van der Waals surface area (Å²) in [7, 11) is -5.37. The Morgan fingerprint density at radius 1 is 0.840 bits per heavy atom. The molecule has 0 aromatic carbocycles. The maximum Gasteiger partial charge on any atom is 0.707 e. The van der Waals surface area contributed by atoms with Crippen LogP contribution in [0.4, 0.5) is 26.3 Å². The molecule has 0 aromatic heterocycles. The molecular formula is C11H14F6O7Si. The van der Waals surface area contributed by atoms with Gasteiger partial charge in [0, 0.05) is 13.5 Å². The Bertz CT molecular complexity index is 462. The summed E-state index contributed by atoms with van der Waals surface area (Å²) in [4.78, 5) is 33.0. The van der Waals surface area contributed by atoms with Gasteiger partial charge in [-0.3, -0.25) is 4.79 Å². The van der Waals surface area contributed by atoms with Crippen molar-refractivity contribution in [2.24, 2.45) is 0 Å². The van der Waals surface area contributed by atoms with Crippen LogP contribution in [0.5, 0.6) is 0 Å². The number of carbonyl (C=O) groups is 3. The highest BCUT2D eigenvalue weighted by Gasteiger charge is 2.60. The largest absolute Gasteiger partial charge is 0.707 e. The first kappa shape index (κ1) is 23.2. The molecule has 0 aliphatic carbocycles. The third-order valence-electron chi connectivity index (χ3n) is 2.16. The van der Waals surface area contributed by atoms with E-state index < -0.39 is 51.7 Å². The van der Waals surface area contributed by atoms with E-state index in [9.17, 15) is 40.7 Å². The van der Waals surface area contributed by atoms with Crippen LogP contribution in [0.1, 0.15) is 20.3 Å². The number of hydrogen-bond acceptors (Lipinski definition) is 7. The summed E-state index contributed by atoms with van der Waals surface area (Å²) in [5.41, 5.74) is 0. The molecule has 0 rings (SSSR count). The van der Waals surface area contributed by atoms with Crippen molar-refractivity contribution in [3.05, 3.63) is 0 Å². The first-order chi connectivity index (χ1) is 11.2. The van der Waals surface area contributed by atoms with Crippen LogP contribution in [0.25, 0.3) is 0 Å². The highest BCUT2D eigenvalue weighted by atomic mass is 28.4. The van der Waals surface area contributed by atoms with Gasteiger partial charge < -0.3 is 18.0 Å². The van der Waals surface area contributed by atoms with E-state index in [0.29, 0.717) is 13.3 Å². The van der Waals surface area contributed by atoms with Gasteiger partial charge in [-0.2, -0.15) is 26.3 Å². The maximum atomic E-state index is 12.3. The van der Waals surface area contributed by atoms with Crippen LogP contribution in [0.2, 0.25) is 6.04 Å². The van der Waals surface area contributed by atoms with Crippen molar-refractivity contribution >= 4 is 26.7 Å². The summed E-state index contributed by atoms with van der Waals surface area (Å²) in [5.74, 6) is -7.34. The number of alkyl halides is 6. The van der Waals surface area contributed by atoms with Crippen molar-refractivity contribution < 1.29 is 58.7 Å². The normalized spacial score (nSPS) is 12.5. The Morgan fingerprint density at radius 3 is 1.60 bits per heavy atom. The molecule has 0 saturated carbocycles. The van der Waals surface area contributed by atoms with Crippen molar-refractivity contribution in [2.45, 2.75) is 38.7 Å². The van der Waals surface area contributed by atoms with Crippen LogP contribution < -0.4 is 0 Å². The van der Waals surface area contributed by atoms with Crippen molar-refractivity contribution in [1.82, 2.24) is 0 Å². The molecule has 0 fully saturated rings. The van der Waals surface area contributed by atoms with Crippen LogP contribution >= 0.6 is 0 Å². The zero-order valence-corrected chi connectivity index (χ0v) is 14.0. The second kappa shape index (κ2) is 9.03. The molecule has 146 valence electrons. The van der Waals surface area contributed by atoms with Crippen molar-refractivity contribution in [3.8, 4) is 0 Å². The third kappa shape index (κ3) is 8.71. The van der Waals surface area contributed by atoms with E-state index in [2.05, 4.69) is 13.3 Å². The second-order valence-electron chi connectivity index (χ2n) is 4.41. The van der Waals surface area contributed by atoms with Crippen LogP contribution in [-0.2, 0) is 32.4 Å². The molecule has 7 nitrogen and oxygen atoms in total. The van der Waals surface area contributed by atoms with Crippen LogP contribution in [0.3, 0.4) is 0 Å². The van der Waals surface area contributed by atoms with E-state index in [1.807, 2.05) is 0 Å². The van der Waals surface area contributed by atoms with E-state index in [0.717, 1.165) is 0 Å². The quantitative estimate of drug-likeness (QED) is 0.350. The molecule has 0 spiro atoms. The Kier molecular flexibility index (Phi) is 8.37. The second-order valence-corrected chi connectivity index (χ2v) is 6.89. The van der Waals surface area contributed by atoms with Gasteiger partial charge in [0.1, 0.15) is 0 Å². The van der Waals surface area contributed by atoms with Gasteiger partial charge in [-0.1, -0.05) is 6.92 Å². The highest BCUT2D eigenvalue weighted by molar-refractivity contribution is 6.65. The Morgan fingerprint density at radius 2 is 1.28 bits per heavy atom. The number of rotatable bonds is 8. The molecule has 0 radical (unpaired) electrons. The molecule has 0 amide bonds. The Labute approximate surface area is 138 Å². The van der Waals surface area contributed by atoms with E-state index in [-0.39, 0.29) is 6.61 Å². The summed E-state index contributed by atoms with van der Waals surface area (Å²) in [6.45, 7) is 1.76. The average molecular weight is 400 g/mol. The van der Waals surface area contributed by atoms with E-state index >= 15 is 0 Å². The van der Waals surface area contributed by atoms with Crippen molar-refractivity contribution in [2.75, 3.05) is 13.2 Å². The zero-order valence-electron chi connectivity index (χ0n) is 13.0. The lowest BCUT2D eigenvalue weighted by Gasteiger charge is -2.27. The van der Waals surface area contributed by atoms with Gasteiger partial charge in [-0.15, -0.1) is 0 Å². The smallest absolute Gasteiger partial charge is 0.455 e. The lowest BCUT2D eigenvalue weighted by atomic mass is 10.5. The average Bonchev–Trinajstić information content (AvgIpc) is 2.40. The summed E-state index contributed by atoms with van der Waals surface area (Å²) >= 11 is 0. The summed E-state index contributed by atoms with van der Waals surface area (Å²) < 4.78 is 90.9. The van der Waals surface area contributed by atoms with E-state index in [1.54, 1.807) is 6.92 Å². The van der Waals surface area contributed by atoms with Gasteiger partial charge in [-0.05, 0) is 6.42 Å². The fraction of sp³-hybridized carbons (Fsp3) is 0.727. The van der Waals surface area contributed by atoms with Gasteiger partial charge >= 0.3 is 33.1 Å². The molecule has 0 aliphatic heterocycles. The molecule has 0 N–H and O–H groups in total. The van der Waals surface area contributed by atoms with Gasteiger partial charge in [-0.25, -0.2) is 9.59 Å². The lowest BCUT2D eigenvalue weighted by molar-refractivity contribution is -0.203. The minimum atomic E-state index is -5.62. The van der Waals surface area contributed by atoms with Gasteiger partial charge in [0.05, 0.1) is 12.7 Å². The summed E-state index contributed by atoms with van der Waals surface area (Å²) in [6, 6.07) is -0.976. The number of carbonyl (C=O) groups excluding carboxylic acids is 3. The lowest BCUT2D eigenvalue weighted by Crippen LogP contribution is -2.54. The third-order valence-corrected chi connectivity index (χ3v) is 4.57. The minimum Gasteiger partial charge on any atom is -0.455 e. The molecule has 0 saturated heterocycles. The SMILES string of the molecule is CCCOCC[Si](OC(C)=O)(OC(=O)C(F)(F)F)OC(=O)C(F)(F)F.